The molecule has 0 bridgehead atoms. The minimum Gasteiger partial charge on any atom is -0.490 e. The topological polar surface area (TPSA) is 44.8 Å². The molecule has 1 aromatic carbocycles. The lowest BCUT2D eigenvalue weighted by atomic mass is 10.2. The summed E-state index contributed by atoms with van der Waals surface area (Å²) in [6, 6.07) is 5.48. The van der Waals surface area contributed by atoms with Gasteiger partial charge in [0.2, 0.25) is 5.75 Å². The Labute approximate surface area is 121 Å². The highest BCUT2D eigenvalue weighted by molar-refractivity contribution is 9.09. The number of carbonyl (C=O) groups excluding carboxylic acids is 1. The SMILES string of the molecule is CC(=O)C1COc2c(OCCCCBr)cccc2O1. The molecule has 1 heterocycles. The van der Waals surface area contributed by atoms with E-state index in [1.807, 2.05) is 12.1 Å². The summed E-state index contributed by atoms with van der Waals surface area (Å²) in [5.74, 6) is 1.81. The van der Waals surface area contributed by atoms with Gasteiger partial charge in [-0.05, 0) is 31.9 Å². The Morgan fingerprint density at radius 1 is 1.47 bits per heavy atom. The van der Waals surface area contributed by atoms with Crippen LogP contribution in [0.3, 0.4) is 0 Å². The van der Waals surface area contributed by atoms with Gasteiger partial charge >= 0.3 is 0 Å². The van der Waals surface area contributed by atoms with Crippen molar-refractivity contribution in [1.29, 1.82) is 0 Å². The van der Waals surface area contributed by atoms with Crippen LogP contribution in [0.1, 0.15) is 19.8 Å². The van der Waals surface area contributed by atoms with Gasteiger partial charge in [-0.25, -0.2) is 0 Å². The number of ether oxygens (including phenoxy) is 3. The fourth-order valence-electron chi connectivity index (χ4n) is 1.77. The standard InChI is InChI=1S/C14H17BrO4/c1-10(16)13-9-18-14-11(17-8-3-2-7-15)5-4-6-12(14)19-13/h4-6,13H,2-3,7-9H2,1H3. The molecule has 0 N–H and O–H groups in total. The summed E-state index contributed by atoms with van der Waals surface area (Å²) in [5, 5.41) is 0.975. The third-order valence-corrected chi connectivity index (χ3v) is 3.39. The van der Waals surface area contributed by atoms with Crippen LogP contribution in [-0.4, -0.2) is 30.4 Å². The molecule has 0 radical (unpaired) electrons. The number of unbranched alkanes of at least 4 members (excludes halogenated alkanes) is 1. The molecule has 1 aromatic rings. The lowest BCUT2D eigenvalue weighted by molar-refractivity contribution is -0.125. The number of benzene rings is 1. The van der Waals surface area contributed by atoms with E-state index in [-0.39, 0.29) is 12.4 Å². The lowest BCUT2D eigenvalue weighted by Crippen LogP contribution is -2.35. The maximum Gasteiger partial charge on any atom is 0.203 e. The van der Waals surface area contributed by atoms with Crippen LogP contribution in [-0.2, 0) is 4.79 Å². The molecule has 0 aliphatic carbocycles. The van der Waals surface area contributed by atoms with E-state index in [0.29, 0.717) is 23.9 Å². The molecule has 1 unspecified atom stereocenters. The van der Waals surface area contributed by atoms with Crippen molar-refractivity contribution in [2.75, 3.05) is 18.5 Å². The van der Waals surface area contributed by atoms with Crippen molar-refractivity contribution in [3.63, 3.8) is 0 Å². The van der Waals surface area contributed by atoms with E-state index < -0.39 is 6.10 Å². The minimum absolute atomic E-state index is 0.0331. The molecule has 5 heteroatoms. The normalized spacial score (nSPS) is 17.1. The van der Waals surface area contributed by atoms with Crippen molar-refractivity contribution < 1.29 is 19.0 Å². The van der Waals surface area contributed by atoms with Crippen LogP contribution in [0.5, 0.6) is 17.2 Å². The zero-order valence-electron chi connectivity index (χ0n) is 10.9. The Balaban J connectivity index is 2.03. The van der Waals surface area contributed by atoms with Gasteiger partial charge in [-0.3, -0.25) is 4.79 Å². The van der Waals surface area contributed by atoms with Crippen LogP contribution in [0.15, 0.2) is 18.2 Å². The number of para-hydroxylation sites is 1. The summed E-state index contributed by atoms with van der Waals surface area (Å²) in [5.41, 5.74) is 0. The molecule has 0 aromatic heterocycles. The van der Waals surface area contributed by atoms with Gasteiger partial charge in [-0.15, -0.1) is 0 Å². The number of ketones is 1. The molecule has 0 fully saturated rings. The van der Waals surface area contributed by atoms with Crippen molar-refractivity contribution in [3.05, 3.63) is 18.2 Å². The largest absolute Gasteiger partial charge is 0.490 e. The number of halogens is 1. The van der Waals surface area contributed by atoms with Crippen molar-refractivity contribution in [2.24, 2.45) is 0 Å². The smallest absolute Gasteiger partial charge is 0.203 e. The number of carbonyl (C=O) groups is 1. The predicted octanol–water partition coefficient (Wildman–Crippen LogP) is 2.97. The summed E-state index contributed by atoms with van der Waals surface area (Å²) < 4.78 is 16.9. The summed E-state index contributed by atoms with van der Waals surface area (Å²) in [4.78, 5) is 11.3. The fourth-order valence-corrected chi connectivity index (χ4v) is 2.17. The number of alkyl halides is 1. The number of fused-ring (bicyclic) bond motifs is 1. The molecule has 1 atom stereocenters. The molecule has 4 nitrogen and oxygen atoms in total. The van der Waals surface area contributed by atoms with Crippen molar-refractivity contribution in [1.82, 2.24) is 0 Å². The monoisotopic (exact) mass is 328 g/mol. The van der Waals surface area contributed by atoms with Crippen LogP contribution in [0.4, 0.5) is 0 Å². The highest BCUT2D eigenvalue weighted by Gasteiger charge is 2.26. The Kier molecular flexibility index (Phi) is 5.07. The average molecular weight is 329 g/mol. The van der Waals surface area contributed by atoms with E-state index in [0.717, 1.165) is 18.2 Å². The minimum atomic E-state index is -0.517. The quantitative estimate of drug-likeness (QED) is 0.595. The van der Waals surface area contributed by atoms with E-state index >= 15 is 0 Å². The van der Waals surface area contributed by atoms with Gasteiger partial charge in [0.1, 0.15) is 6.61 Å². The van der Waals surface area contributed by atoms with Gasteiger partial charge in [0.25, 0.3) is 0 Å². The summed E-state index contributed by atoms with van der Waals surface area (Å²) in [6.45, 7) is 2.38. The maximum atomic E-state index is 11.3. The zero-order valence-corrected chi connectivity index (χ0v) is 12.4. The molecule has 0 spiro atoms. The van der Waals surface area contributed by atoms with E-state index in [2.05, 4.69) is 15.9 Å². The van der Waals surface area contributed by atoms with E-state index in [1.165, 1.54) is 6.92 Å². The van der Waals surface area contributed by atoms with Crippen molar-refractivity contribution in [3.8, 4) is 17.2 Å². The van der Waals surface area contributed by atoms with Crippen LogP contribution in [0, 0.1) is 0 Å². The Morgan fingerprint density at radius 3 is 3.05 bits per heavy atom. The van der Waals surface area contributed by atoms with Gasteiger partial charge in [0.05, 0.1) is 6.61 Å². The summed E-state index contributed by atoms with van der Waals surface area (Å²) in [7, 11) is 0. The van der Waals surface area contributed by atoms with Gasteiger partial charge in [-0.1, -0.05) is 22.0 Å². The second-order valence-corrected chi connectivity index (χ2v) is 5.15. The van der Waals surface area contributed by atoms with Crippen molar-refractivity contribution >= 4 is 21.7 Å². The molecule has 0 saturated carbocycles. The first-order valence-electron chi connectivity index (χ1n) is 6.34. The lowest BCUT2D eigenvalue weighted by Gasteiger charge is -2.26. The Bertz CT molecular complexity index is 447. The predicted molar refractivity (Wildman–Crippen MR) is 75.6 cm³/mol. The first kappa shape index (κ1) is 14.2. The number of rotatable bonds is 6. The maximum absolute atomic E-state index is 11.3. The van der Waals surface area contributed by atoms with Gasteiger partial charge in [0, 0.05) is 5.33 Å². The first-order chi connectivity index (χ1) is 9.22. The van der Waals surface area contributed by atoms with E-state index in [4.69, 9.17) is 14.2 Å². The van der Waals surface area contributed by atoms with Crippen LogP contribution in [0.2, 0.25) is 0 Å². The number of hydrogen-bond acceptors (Lipinski definition) is 4. The van der Waals surface area contributed by atoms with E-state index in [1.54, 1.807) is 6.07 Å². The molecular formula is C14H17BrO4. The third-order valence-electron chi connectivity index (χ3n) is 2.83. The fraction of sp³-hybridized carbons (Fsp3) is 0.500. The molecule has 2 rings (SSSR count). The highest BCUT2D eigenvalue weighted by atomic mass is 79.9. The molecular weight excluding hydrogens is 312 g/mol. The van der Waals surface area contributed by atoms with E-state index in [9.17, 15) is 4.79 Å². The van der Waals surface area contributed by atoms with Gasteiger partial charge < -0.3 is 14.2 Å². The zero-order chi connectivity index (χ0) is 13.7. The van der Waals surface area contributed by atoms with Crippen LogP contribution >= 0.6 is 15.9 Å². The Hall–Kier alpha value is -1.23. The van der Waals surface area contributed by atoms with Crippen molar-refractivity contribution in [2.45, 2.75) is 25.9 Å². The molecule has 0 amide bonds. The molecule has 1 aliphatic rings. The summed E-state index contributed by atoms with van der Waals surface area (Å²) >= 11 is 3.38. The van der Waals surface area contributed by atoms with Gasteiger partial charge in [0.15, 0.2) is 23.4 Å². The first-order valence-corrected chi connectivity index (χ1v) is 7.46. The number of hydrogen-bond donors (Lipinski definition) is 0. The second kappa shape index (κ2) is 6.80. The molecule has 104 valence electrons. The Morgan fingerprint density at radius 2 is 2.32 bits per heavy atom. The number of Topliss-reactive ketones (excluding diaryl/α,β-unsaturated/α-hetero) is 1. The summed E-state index contributed by atoms with van der Waals surface area (Å²) in [6.07, 6.45) is 1.53. The van der Waals surface area contributed by atoms with Gasteiger partial charge in [-0.2, -0.15) is 0 Å². The molecule has 19 heavy (non-hydrogen) atoms. The average Bonchev–Trinajstić information content (AvgIpc) is 2.43. The second-order valence-electron chi connectivity index (χ2n) is 4.36. The molecule has 1 aliphatic heterocycles. The highest BCUT2D eigenvalue weighted by Crippen LogP contribution is 2.40. The van der Waals surface area contributed by atoms with Crippen LogP contribution < -0.4 is 14.2 Å². The third kappa shape index (κ3) is 3.62. The van der Waals surface area contributed by atoms with Crippen LogP contribution in [0.25, 0.3) is 0 Å². The molecule has 0 saturated heterocycles.